The van der Waals surface area contributed by atoms with Crippen LogP contribution in [0.15, 0.2) is 23.1 Å². The number of sulfonamides is 1. The van der Waals surface area contributed by atoms with Crippen LogP contribution in [0.5, 0.6) is 0 Å². The van der Waals surface area contributed by atoms with Crippen molar-refractivity contribution in [2.24, 2.45) is 0 Å². The summed E-state index contributed by atoms with van der Waals surface area (Å²) in [5.41, 5.74) is -0.114. The predicted octanol–water partition coefficient (Wildman–Crippen LogP) is 0.551. The minimum absolute atomic E-state index is 0.0204. The molecular weight excluding hydrogens is 248 g/mol. The molecule has 0 bridgehead atoms. The average molecular weight is 256 g/mol. The molecule has 0 radical (unpaired) electrons. The van der Waals surface area contributed by atoms with E-state index >= 15 is 0 Å². The summed E-state index contributed by atoms with van der Waals surface area (Å²) < 4.78 is 24.2. The molecule has 0 unspecified atom stereocenters. The molecule has 0 atom stereocenters. The number of hydrogen-bond donors (Lipinski definition) is 2. The lowest BCUT2D eigenvalue weighted by molar-refractivity contribution is 0.0696. The minimum atomic E-state index is -3.88. The molecule has 0 aliphatic carbocycles. The smallest absolute Gasteiger partial charge is 0.335 e. The molecule has 0 aromatic heterocycles. The first-order chi connectivity index (χ1) is 7.84. The number of rotatable bonds is 1. The van der Waals surface area contributed by atoms with Crippen LogP contribution in [0.4, 0.5) is 10.5 Å². The van der Waals surface area contributed by atoms with Crippen LogP contribution in [-0.2, 0) is 10.0 Å². The Bertz CT molecular complexity index is 622. The highest BCUT2D eigenvalue weighted by Crippen LogP contribution is 2.29. The second-order valence-corrected chi connectivity index (χ2v) is 5.36. The lowest BCUT2D eigenvalue weighted by Crippen LogP contribution is -2.41. The number of carboxylic acids is 1. The number of hydrogen-bond acceptors (Lipinski definition) is 4. The van der Waals surface area contributed by atoms with Crippen molar-refractivity contribution < 1.29 is 23.1 Å². The number of anilines is 1. The third-order valence-electron chi connectivity index (χ3n) is 2.39. The first kappa shape index (κ1) is 11.4. The number of fused-ring (bicyclic) bond motifs is 1. The zero-order valence-corrected chi connectivity index (χ0v) is 9.48. The van der Waals surface area contributed by atoms with Crippen molar-refractivity contribution in [3.8, 4) is 0 Å². The molecule has 2 rings (SSSR count). The van der Waals surface area contributed by atoms with Crippen LogP contribution in [-0.4, -0.2) is 36.9 Å². The van der Waals surface area contributed by atoms with Gasteiger partial charge in [0.2, 0.25) is 0 Å². The van der Waals surface area contributed by atoms with Gasteiger partial charge in [-0.1, -0.05) is 0 Å². The second-order valence-electron chi connectivity index (χ2n) is 3.42. The maximum absolute atomic E-state index is 11.8. The lowest BCUT2D eigenvalue weighted by atomic mass is 10.2. The van der Waals surface area contributed by atoms with Crippen LogP contribution in [0.3, 0.4) is 0 Å². The molecule has 0 spiro atoms. The van der Waals surface area contributed by atoms with Gasteiger partial charge in [-0.3, -0.25) is 0 Å². The Labute approximate surface area is 96.7 Å². The Hall–Kier alpha value is -2.09. The van der Waals surface area contributed by atoms with Gasteiger partial charge in [0.05, 0.1) is 11.3 Å². The highest BCUT2D eigenvalue weighted by molar-refractivity contribution is 7.90. The number of nitrogens with one attached hydrogen (secondary N) is 1. The van der Waals surface area contributed by atoms with E-state index in [1.807, 2.05) is 0 Å². The molecule has 1 aromatic rings. The fourth-order valence-corrected chi connectivity index (χ4v) is 2.62. The summed E-state index contributed by atoms with van der Waals surface area (Å²) in [5.74, 6) is -1.20. The number of aromatic carboxylic acids is 1. The zero-order valence-electron chi connectivity index (χ0n) is 8.67. The van der Waals surface area contributed by atoms with Gasteiger partial charge in [0.25, 0.3) is 10.0 Å². The van der Waals surface area contributed by atoms with E-state index in [-0.39, 0.29) is 16.1 Å². The first-order valence-corrected chi connectivity index (χ1v) is 5.95. The second kappa shape index (κ2) is 3.45. The van der Waals surface area contributed by atoms with Crippen LogP contribution >= 0.6 is 0 Å². The zero-order chi connectivity index (χ0) is 12.8. The van der Waals surface area contributed by atoms with Gasteiger partial charge in [-0.15, -0.1) is 0 Å². The molecule has 17 heavy (non-hydrogen) atoms. The van der Waals surface area contributed by atoms with Crippen LogP contribution < -0.4 is 5.32 Å². The summed E-state index contributed by atoms with van der Waals surface area (Å²) in [6, 6.07) is 2.62. The Balaban J connectivity index is 2.67. The van der Waals surface area contributed by atoms with E-state index in [4.69, 9.17) is 5.11 Å². The maximum Gasteiger partial charge on any atom is 0.335 e. The summed E-state index contributed by atoms with van der Waals surface area (Å²) in [6.07, 6.45) is 0. The van der Waals surface area contributed by atoms with Crippen molar-refractivity contribution in [1.82, 2.24) is 4.31 Å². The van der Waals surface area contributed by atoms with Crippen LogP contribution in [0.2, 0.25) is 0 Å². The number of benzene rings is 1. The summed E-state index contributed by atoms with van der Waals surface area (Å²) in [5, 5.41) is 11.1. The van der Waals surface area contributed by atoms with Gasteiger partial charge in [0, 0.05) is 7.05 Å². The van der Waals surface area contributed by atoms with E-state index in [0.29, 0.717) is 4.31 Å². The Morgan fingerprint density at radius 3 is 2.65 bits per heavy atom. The maximum atomic E-state index is 11.8. The molecule has 0 saturated heterocycles. The fraction of sp³-hybridized carbons (Fsp3) is 0.111. The van der Waals surface area contributed by atoms with Gasteiger partial charge in [0.15, 0.2) is 0 Å². The molecule has 8 heteroatoms. The highest BCUT2D eigenvalue weighted by Gasteiger charge is 2.34. The van der Waals surface area contributed by atoms with Gasteiger partial charge < -0.3 is 10.4 Å². The summed E-state index contributed by atoms with van der Waals surface area (Å²) in [4.78, 5) is 21.9. The normalized spacial score (nSPS) is 17.2. The van der Waals surface area contributed by atoms with E-state index in [1.54, 1.807) is 0 Å². The molecule has 7 nitrogen and oxygen atoms in total. The number of carbonyl (C=O) groups is 2. The van der Waals surface area contributed by atoms with E-state index < -0.39 is 22.0 Å². The Morgan fingerprint density at radius 1 is 1.41 bits per heavy atom. The Morgan fingerprint density at radius 2 is 2.06 bits per heavy atom. The topological polar surface area (TPSA) is 104 Å². The van der Waals surface area contributed by atoms with Crippen LogP contribution in [0, 0.1) is 0 Å². The van der Waals surface area contributed by atoms with Crippen molar-refractivity contribution in [3.63, 3.8) is 0 Å². The van der Waals surface area contributed by atoms with Crippen LogP contribution in [0.1, 0.15) is 10.4 Å². The van der Waals surface area contributed by atoms with E-state index in [9.17, 15) is 18.0 Å². The monoisotopic (exact) mass is 256 g/mol. The standard InChI is InChI=1S/C9H8N2O5S/c1-11-9(14)10-6-4-5(8(12)13)2-3-7(6)17(11,15)16/h2-4H,1H3,(H,10,14)(H,12,13). The highest BCUT2D eigenvalue weighted by atomic mass is 32.2. The van der Waals surface area contributed by atoms with Gasteiger partial charge in [-0.2, -0.15) is 0 Å². The molecule has 2 amide bonds. The van der Waals surface area contributed by atoms with Crippen molar-refractivity contribution >= 4 is 27.7 Å². The van der Waals surface area contributed by atoms with Crippen molar-refractivity contribution in [3.05, 3.63) is 23.8 Å². The average Bonchev–Trinajstić information content (AvgIpc) is 2.25. The van der Waals surface area contributed by atoms with Crippen molar-refractivity contribution in [2.75, 3.05) is 12.4 Å². The van der Waals surface area contributed by atoms with Crippen molar-refractivity contribution in [2.45, 2.75) is 4.90 Å². The number of carbonyl (C=O) groups excluding carboxylic acids is 1. The molecule has 1 aliphatic heterocycles. The van der Waals surface area contributed by atoms with E-state index in [2.05, 4.69) is 5.32 Å². The number of amides is 2. The van der Waals surface area contributed by atoms with Gasteiger partial charge in [-0.05, 0) is 18.2 Å². The third kappa shape index (κ3) is 1.62. The summed E-state index contributed by atoms with van der Waals surface area (Å²) in [7, 11) is -2.76. The molecule has 1 heterocycles. The van der Waals surface area contributed by atoms with Gasteiger partial charge in [0.1, 0.15) is 4.90 Å². The fourth-order valence-electron chi connectivity index (χ4n) is 1.44. The largest absolute Gasteiger partial charge is 0.478 e. The van der Waals surface area contributed by atoms with Gasteiger partial charge in [-0.25, -0.2) is 22.3 Å². The predicted molar refractivity (Wildman–Crippen MR) is 57.4 cm³/mol. The quantitative estimate of drug-likeness (QED) is 0.763. The van der Waals surface area contributed by atoms with Crippen molar-refractivity contribution in [1.29, 1.82) is 0 Å². The molecule has 2 N–H and O–H groups in total. The number of nitrogens with zero attached hydrogens (tertiary/aromatic N) is 1. The molecule has 1 aliphatic rings. The first-order valence-electron chi connectivity index (χ1n) is 4.51. The third-order valence-corrected chi connectivity index (χ3v) is 4.19. The van der Waals surface area contributed by atoms with E-state index in [1.165, 1.54) is 6.07 Å². The number of urea groups is 1. The minimum Gasteiger partial charge on any atom is -0.478 e. The molecule has 90 valence electrons. The lowest BCUT2D eigenvalue weighted by Gasteiger charge is -2.25. The van der Waals surface area contributed by atoms with Gasteiger partial charge >= 0.3 is 12.0 Å². The van der Waals surface area contributed by atoms with Crippen LogP contribution in [0.25, 0.3) is 0 Å². The molecular formula is C9H8N2O5S. The summed E-state index contributed by atoms with van der Waals surface area (Å²) >= 11 is 0. The Kier molecular flexibility index (Phi) is 2.32. The molecule has 0 fully saturated rings. The summed E-state index contributed by atoms with van der Waals surface area (Å²) in [6.45, 7) is 0. The SMILES string of the molecule is CN1C(=O)Nc2cc(C(=O)O)ccc2S1(=O)=O. The molecule has 1 aromatic carbocycles. The van der Waals surface area contributed by atoms with E-state index in [0.717, 1.165) is 19.2 Å². The molecule has 0 saturated carbocycles. The number of carboxylic acid groups (broad SMARTS) is 1.